The second kappa shape index (κ2) is 4.28. The highest BCUT2D eigenvalue weighted by Crippen LogP contribution is 2.22. The predicted molar refractivity (Wildman–Crippen MR) is 48.8 cm³/mol. The van der Waals surface area contributed by atoms with Gasteiger partial charge in [-0.3, -0.25) is 0 Å². The Morgan fingerprint density at radius 1 is 1.06 bits per heavy atom. The lowest BCUT2D eigenvalue weighted by Gasteiger charge is -1.89. The van der Waals surface area contributed by atoms with Gasteiger partial charge in [-0.05, 0) is 10.3 Å². The molecule has 18 heavy (non-hydrogen) atoms. The first-order chi connectivity index (χ1) is 8.56. The van der Waals surface area contributed by atoms with E-state index in [1.807, 2.05) is 0 Å². The minimum atomic E-state index is -0.922. The minimum Gasteiger partial charge on any atom is -0.309 e. The first-order valence-corrected chi connectivity index (χ1v) is 4.05. The van der Waals surface area contributed by atoms with E-state index in [0.717, 1.165) is 0 Å². The Balaban J connectivity index is 2.26. The lowest BCUT2D eigenvalue weighted by Crippen LogP contribution is -2.09. The summed E-state index contributed by atoms with van der Waals surface area (Å²) in [7, 11) is 0. The monoisotopic (exact) mass is 258 g/mol. The molecule has 2 heterocycles. The third-order valence-corrected chi connectivity index (χ3v) is 1.51. The summed E-state index contributed by atoms with van der Waals surface area (Å²) in [6, 6.07) is -0.523. The van der Waals surface area contributed by atoms with Gasteiger partial charge in [0.15, 0.2) is 10.1 Å². The van der Waals surface area contributed by atoms with Crippen LogP contribution in [-0.4, -0.2) is 30.5 Å². The molecule has 2 aromatic heterocycles. The highest BCUT2D eigenvalue weighted by Gasteiger charge is 2.22. The fourth-order valence-corrected chi connectivity index (χ4v) is 0.938. The molecule has 14 nitrogen and oxygen atoms in total. The van der Waals surface area contributed by atoms with E-state index in [0.29, 0.717) is 0 Å². The van der Waals surface area contributed by atoms with Gasteiger partial charge in [-0.1, -0.05) is 16.0 Å². The molecule has 0 amide bonds. The van der Waals surface area contributed by atoms with Gasteiger partial charge in [0.25, 0.3) is 5.82 Å². The Morgan fingerprint density at radius 2 is 1.78 bits per heavy atom. The maximum absolute atomic E-state index is 10.2. The number of rotatable bonds is 5. The Morgan fingerprint density at radius 3 is 2.44 bits per heavy atom. The molecule has 2 aromatic rings. The van der Waals surface area contributed by atoms with Crippen molar-refractivity contribution >= 4 is 11.8 Å². The molecule has 0 aliphatic rings. The summed E-state index contributed by atoms with van der Waals surface area (Å²) in [5.74, 6) is -0.640. The van der Waals surface area contributed by atoms with Gasteiger partial charge < -0.3 is 4.52 Å². The highest BCUT2D eigenvalue weighted by molar-refractivity contribution is 5.63. The Labute approximate surface area is 95.2 Å². The molecule has 0 aliphatic carbocycles. The van der Waals surface area contributed by atoms with E-state index < -0.39 is 16.1 Å². The number of nitrogens with zero attached hydrogens (tertiary/aromatic N) is 6. The van der Waals surface area contributed by atoms with E-state index >= 15 is 0 Å². The Bertz CT molecular complexity index is 588. The second-order valence-electron chi connectivity index (χ2n) is 2.62. The van der Waals surface area contributed by atoms with Crippen LogP contribution in [0, 0.1) is 20.2 Å². The molecule has 2 N–H and O–H groups in total. The summed E-state index contributed by atoms with van der Waals surface area (Å²) >= 11 is 0. The molecule has 0 atom stereocenters. The first kappa shape index (κ1) is 11.2. The lowest BCUT2D eigenvalue weighted by atomic mass is 10.4. The number of nitro groups is 2. The van der Waals surface area contributed by atoms with Crippen molar-refractivity contribution < 1.29 is 19.2 Å². The van der Waals surface area contributed by atoms with Gasteiger partial charge in [-0.2, -0.15) is 4.98 Å². The van der Waals surface area contributed by atoms with E-state index in [1.165, 1.54) is 0 Å². The standard InChI is InChI=1S/C4H2N8O6/c13-11(14)6-3-1(8-18-10-3)2-5-4(17-9-2)7-12(15)16/h(H,6,10)(H,5,7,9). The summed E-state index contributed by atoms with van der Waals surface area (Å²) in [5, 5.41) is 28.3. The van der Waals surface area contributed by atoms with Crippen LogP contribution in [-0.2, 0) is 0 Å². The van der Waals surface area contributed by atoms with Gasteiger partial charge in [0, 0.05) is 0 Å². The first-order valence-electron chi connectivity index (χ1n) is 4.05. The van der Waals surface area contributed by atoms with Gasteiger partial charge >= 0.3 is 6.01 Å². The molecule has 0 saturated carbocycles. The lowest BCUT2D eigenvalue weighted by molar-refractivity contribution is -0.447. The summed E-state index contributed by atoms with van der Waals surface area (Å²) in [6.45, 7) is 0. The van der Waals surface area contributed by atoms with Crippen LogP contribution in [0.15, 0.2) is 9.15 Å². The number of aromatic nitrogens is 4. The zero-order valence-corrected chi connectivity index (χ0v) is 8.13. The average molecular weight is 258 g/mol. The fraction of sp³-hybridized carbons (Fsp3) is 0. The summed E-state index contributed by atoms with van der Waals surface area (Å²) in [4.78, 5) is 23.8. The van der Waals surface area contributed by atoms with Gasteiger partial charge in [-0.25, -0.2) is 24.9 Å². The average Bonchev–Trinajstić information content (AvgIpc) is 2.85. The van der Waals surface area contributed by atoms with Crippen LogP contribution in [0.5, 0.6) is 0 Å². The third-order valence-electron chi connectivity index (χ3n) is 1.51. The number of hydrogen-bond acceptors (Lipinski definition) is 10. The molecule has 0 fully saturated rings. The molecule has 0 saturated heterocycles. The molecular weight excluding hydrogens is 256 g/mol. The third kappa shape index (κ3) is 2.26. The van der Waals surface area contributed by atoms with E-state index in [1.54, 1.807) is 10.9 Å². The van der Waals surface area contributed by atoms with Crippen molar-refractivity contribution in [2.75, 3.05) is 10.9 Å². The van der Waals surface area contributed by atoms with E-state index in [9.17, 15) is 20.2 Å². The van der Waals surface area contributed by atoms with Gasteiger partial charge in [0.05, 0.1) is 0 Å². The molecule has 0 aliphatic heterocycles. The van der Waals surface area contributed by atoms with E-state index in [-0.39, 0.29) is 17.3 Å². The smallest absolute Gasteiger partial charge is 0.309 e. The number of nitrogens with one attached hydrogen (secondary N) is 2. The largest absolute Gasteiger partial charge is 0.379 e. The molecule has 0 spiro atoms. The second-order valence-corrected chi connectivity index (χ2v) is 2.62. The van der Waals surface area contributed by atoms with Crippen molar-refractivity contribution in [2.24, 2.45) is 0 Å². The normalized spacial score (nSPS) is 10.0. The van der Waals surface area contributed by atoms with Crippen LogP contribution in [0.2, 0.25) is 0 Å². The zero-order chi connectivity index (χ0) is 13.1. The summed E-state index contributed by atoms with van der Waals surface area (Å²) in [6.07, 6.45) is 0. The summed E-state index contributed by atoms with van der Waals surface area (Å²) < 4.78 is 8.69. The maximum atomic E-state index is 10.2. The maximum Gasteiger partial charge on any atom is 0.379 e. The number of hydrogen-bond donors (Lipinski definition) is 2. The molecule has 0 bridgehead atoms. The van der Waals surface area contributed by atoms with Crippen molar-refractivity contribution in [3.05, 3.63) is 20.2 Å². The summed E-state index contributed by atoms with van der Waals surface area (Å²) in [5.41, 5.74) is 3.05. The van der Waals surface area contributed by atoms with Crippen molar-refractivity contribution in [1.82, 2.24) is 20.5 Å². The fourth-order valence-electron chi connectivity index (χ4n) is 0.938. The van der Waals surface area contributed by atoms with Gasteiger partial charge in [0.1, 0.15) is 0 Å². The van der Waals surface area contributed by atoms with Crippen molar-refractivity contribution in [2.45, 2.75) is 0 Å². The predicted octanol–water partition coefficient (Wildman–Crippen LogP) is -0.673. The molecule has 0 radical (unpaired) electrons. The topological polar surface area (TPSA) is 188 Å². The minimum absolute atomic E-state index is 0.230. The van der Waals surface area contributed by atoms with Gasteiger partial charge in [-0.15, -0.1) is 0 Å². The van der Waals surface area contributed by atoms with Crippen LogP contribution in [0.3, 0.4) is 0 Å². The molecule has 14 heteroatoms. The van der Waals surface area contributed by atoms with Crippen LogP contribution >= 0.6 is 0 Å². The Hall–Kier alpha value is -3.32. The van der Waals surface area contributed by atoms with Crippen molar-refractivity contribution in [3.8, 4) is 11.5 Å². The number of hydrazine groups is 2. The quantitative estimate of drug-likeness (QED) is 0.508. The molecule has 94 valence electrons. The molecule has 2 rings (SSSR count). The number of anilines is 2. The molecule has 0 unspecified atom stereocenters. The zero-order valence-electron chi connectivity index (χ0n) is 8.13. The van der Waals surface area contributed by atoms with Crippen molar-refractivity contribution in [1.29, 1.82) is 0 Å². The van der Waals surface area contributed by atoms with Crippen LogP contribution in [0.1, 0.15) is 0 Å². The van der Waals surface area contributed by atoms with Gasteiger partial charge in [0.2, 0.25) is 11.5 Å². The molecule has 0 aromatic carbocycles. The van der Waals surface area contributed by atoms with Crippen LogP contribution < -0.4 is 10.9 Å². The Kier molecular flexibility index (Phi) is 2.65. The highest BCUT2D eigenvalue weighted by atomic mass is 16.7. The SMILES string of the molecule is O=[N+]([O-])Nc1nc(-c2nonc2N[N+](=O)[O-])no1. The van der Waals surface area contributed by atoms with Crippen molar-refractivity contribution in [3.63, 3.8) is 0 Å². The van der Waals surface area contributed by atoms with Crippen LogP contribution in [0.25, 0.3) is 11.5 Å². The van der Waals surface area contributed by atoms with Crippen LogP contribution in [0.4, 0.5) is 11.8 Å². The van der Waals surface area contributed by atoms with E-state index in [2.05, 4.69) is 29.6 Å². The molecular formula is C4H2N8O6. The van der Waals surface area contributed by atoms with E-state index in [4.69, 9.17) is 0 Å².